The Kier molecular flexibility index (Phi) is 6.73. The zero-order valence-corrected chi connectivity index (χ0v) is 14.7. The van der Waals surface area contributed by atoms with E-state index in [1.165, 1.54) is 0 Å². The predicted molar refractivity (Wildman–Crippen MR) is 92.6 cm³/mol. The summed E-state index contributed by atoms with van der Waals surface area (Å²) in [5, 5.41) is 0. The van der Waals surface area contributed by atoms with E-state index >= 15 is 0 Å². The van der Waals surface area contributed by atoms with E-state index in [2.05, 4.69) is 6.08 Å². The van der Waals surface area contributed by atoms with Crippen LogP contribution in [0, 0.1) is 11.8 Å². The molecule has 1 rings (SSSR count). The third-order valence-electron chi connectivity index (χ3n) is 3.96. The highest BCUT2D eigenvalue weighted by Gasteiger charge is 2.31. The van der Waals surface area contributed by atoms with Gasteiger partial charge in [0.15, 0.2) is 11.6 Å². The van der Waals surface area contributed by atoms with Crippen molar-refractivity contribution in [3.8, 4) is 0 Å². The van der Waals surface area contributed by atoms with Crippen molar-refractivity contribution >= 4 is 11.6 Å². The molecule has 0 aliphatic heterocycles. The SMILES string of the molecule is CC(C)=CC(=O)/C=C(/C)[C@H]1CCC=C(C)[C@H]1C(=O)C=C(C)C. The van der Waals surface area contributed by atoms with Crippen molar-refractivity contribution in [1.29, 1.82) is 0 Å². The molecule has 0 saturated carbocycles. The highest BCUT2D eigenvalue weighted by molar-refractivity contribution is 6.00. The Morgan fingerprint density at radius 2 is 1.59 bits per heavy atom. The summed E-state index contributed by atoms with van der Waals surface area (Å²) in [4.78, 5) is 24.5. The molecule has 2 nitrogen and oxygen atoms in total. The van der Waals surface area contributed by atoms with Gasteiger partial charge in [-0.2, -0.15) is 0 Å². The smallest absolute Gasteiger partial charge is 0.178 e. The average Bonchev–Trinajstić information content (AvgIpc) is 2.35. The monoisotopic (exact) mass is 300 g/mol. The van der Waals surface area contributed by atoms with Crippen molar-refractivity contribution in [3.05, 3.63) is 46.6 Å². The molecule has 0 saturated heterocycles. The van der Waals surface area contributed by atoms with Crippen molar-refractivity contribution in [2.45, 2.75) is 54.4 Å². The van der Waals surface area contributed by atoms with E-state index in [4.69, 9.17) is 0 Å². The average molecular weight is 300 g/mol. The highest BCUT2D eigenvalue weighted by atomic mass is 16.1. The zero-order valence-electron chi connectivity index (χ0n) is 14.7. The Balaban J connectivity index is 3.09. The number of ketones is 2. The van der Waals surface area contributed by atoms with Crippen LogP contribution >= 0.6 is 0 Å². The number of hydrogen-bond donors (Lipinski definition) is 0. The fraction of sp³-hybridized carbons (Fsp3) is 0.500. The first-order chi connectivity index (χ1) is 10.2. The summed E-state index contributed by atoms with van der Waals surface area (Å²) < 4.78 is 0. The van der Waals surface area contributed by atoms with E-state index in [0.29, 0.717) is 0 Å². The van der Waals surface area contributed by atoms with Crippen LogP contribution in [0.1, 0.15) is 54.4 Å². The third-order valence-corrected chi connectivity index (χ3v) is 3.96. The quantitative estimate of drug-likeness (QED) is 0.530. The number of hydrogen-bond acceptors (Lipinski definition) is 2. The summed E-state index contributed by atoms with van der Waals surface area (Å²) in [6, 6.07) is 0. The van der Waals surface area contributed by atoms with Gasteiger partial charge in [0.05, 0.1) is 0 Å². The minimum atomic E-state index is -0.126. The molecule has 0 amide bonds. The van der Waals surface area contributed by atoms with Crippen LogP contribution in [0.5, 0.6) is 0 Å². The van der Waals surface area contributed by atoms with Gasteiger partial charge in [0.25, 0.3) is 0 Å². The van der Waals surface area contributed by atoms with Crippen LogP contribution in [-0.4, -0.2) is 11.6 Å². The van der Waals surface area contributed by atoms with Crippen molar-refractivity contribution in [2.75, 3.05) is 0 Å². The van der Waals surface area contributed by atoms with Crippen molar-refractivity contribution < 1.29 is 9.59 Å². The molecule has 1 aliphatic carbocycles. The molecule has 0 fully saturated rings. The third kappa shape index (κ3) is 5.25. The molecular formula is C20H28O2. The number of rotatable bonds is 5. The number of carbonyl (C=O) groups excluding carboxylic acids is 2. The Morgan fingerprint density at radius 1 is 1.00 bits per heavy atom. The van der Waals surface area contributed by atoms with Crippen LogP contribution in [0.3, 0.4) is 0 Å². The molecule has 0 aromatic carbocycles. The lowest BCUT2D eigenvalue weighted by atomic mass is 9.73. The molecule has 2 atom stereocenters. The molecule has 2 heteroatoms. The summed E-state index contributed by atoms with van der Waals surface area (Å²) in [7, 11) is 0. The van der Waals surface area contributed by atoms with Crippen LogP contribution in [0.25, 0.3) is 0 Å². The molecule has 0 aromatic heterocycles. The summed E-state index contributed by atoms with van der Waals surface area (Å²) in [5.74, 6) is 0.168. The van der Waals surface area contributed by atoms with Crippen LogP contribution in [0.4, 0.5) is 0 Å². The minimum Gasteiger partial charge on any atom is -0.294 e. The molecule has 0 heterocycles. The molecule has 0 unspecified atom stereocenters. The van der Waals surface area contributed by atoms with Gasteiger partial charge in [0.1, 0.15) is 0 Å². The van der Waals surface area contributed by atoms with Crippen molar-refractivity contribution in [1.82, 2.24) is 0 Å². The van der Waals surface area contributed by atoms with Gasteiger partial charge >= 0.3 is 0 Å². The lowest BCUT2D eigenvalue weighted by Crippen LogP contribution is -2.27. The van der Waals surface area contributed by atoms with Crippen LogP contribution in [0.2, 0.25) is 0 Å². The second kappa shape index (κ2) is 8.07. The molecular weight excluding hydrogens is 272 g/mol. The molecule has 0 aromatic rings. The Hall–Kier alpha value is -1.70. The second-order valence-corrected chi connectivity index (χ2v) is 6.75. The zero-order chi connectivity index (χ0) is 16.9. The molecule has 0 N–H and O–H groups in total. The topological polar surface area (TPSA) is 34.1 Å². The van der Waals surface area contributed by atoms with E-state index in [-0.39, 0.29) is 23.4 Å². The minimum absolute atomic E-state index is 0.0121. The molecule has 22 heavy (non-hydrogen) atoms. The van der Waals surface area contributed by atoms with E-state index < -0.39 is 0 Å². The first-order valence-electron chi connectivity index (χ1n) is 7.94. The Morgan fingerprint density at radius 3 is 2.14 bits per heavy atom. The van der Waals surface area contributed by atoms with E-state index in [1.807, 2.05) is 41.5 Å². The van der Waals surface area contributed by atoms with E-state index in [0.717, 1.165) is 35.1 Å². The lowest BCUT2D eigenvalue weighted by molar-refractivity contribution is -0.118. The standard InChI is InChI=1S/C20H28O2/c1-13(2)10-17(21)12-16(6)18-9-7-8-15(5)20(18)19(22)11-14(3)4/h8,10-12,18,20H,7,9H2,1-6H3/b16-12-/t18-,20-/m1/s1. The fourth-order valence-electron chi connectivity index (χ4n) is 3.05. The van der Waals surface area contributed by atoms with Crippen LogP contribution < -0.4 is 0 Å². The van der Waals surface area contributed by atoms with Crippen molar-refractivity contribution in [3.63, 3.8) is 0 Å². The maximum Gasteiger partial charge on any atom is 0.178 e. The maximum absolute atomic E-state index is 12.6. The van der Waals surface area contributed by atoms with Gasteiger partial charge in [-0.25, -0.2) is 0 Å². The second-order valence-electron chi connectivity index (χ2n) is 6.75. The van der Waals surface area contributed by atoms with Crippen molar-refractivity contribution in [2.24, 2.45) is 11.8 Å². The van der Waals surface area contributed by atoms with Crippen LogP contribution in [-0.2, 0) is 9.59 Å². The van der Waals surface area contributed by atoms with Gasteiger partial charge in [0, 0.05) is 5.92 Å². The number of carbonyl (C=O) groups is 2. The summed E-state index contributed by atoms with van der Waals surface area (Å²) >= 11 is 0. The molecule has 0 radical (unpaired) electrons. The van der Waals surface area contributed by atoms with E-state index in [9.17, 15) is 9.59 Å². The van der Waals surface area contributed by atoms with E-state index in [1.54, 1.807) is 18.2 Å². The Bertz CT molecular complexity index is 563. The van der Waals surface area contributed by atoms with Crippen LogP contribution in [0.15, 0.2) is 46.6 Å². The van der Waals surface area contributed by atoms with Gasteiger partial charge in [0.2, 0.25) is 0 Å². The van der Waals surface area contributed by atoms with Gasteiger partial charge in [-0.15, -0.1) is 0 Å². The van der Waals surface area contributed by atoms with Gasteiger partial charge in [-0.3, -0.25) is 9.59 Å². The van der Waals surface area contributed by atoms with Gasteiger partial charge < -0.3 is 0 Å². The molecule has 0 spiro atoms. The first kappa shape index (κ1) is 18.3. The largest absolute Gasteiger partial charge is 0.294 e. The summed E-state index contributed by atoms with van der Waals surface area (Å²) in [6.07, 6.45) is 9.11. The fourth-order valence-corrected chi connectivity index (χ4v) is 3.05. The van der Waals surface area contributed by atoms with Gasteiger partial charge in [-0.05, 0) is 78.5 Å². The lowest BCUT2D eigenvalue weighted by Gasteiger charge is -2.30. The molecule has 120 valence electrons. The normalized spacial score (nSPS) is 21.7. The van der Waals surface area contributed by atoms with Gasteiger partial charge in [-0.1, -0.05) is 28.4 Å². The molecule has 1 aliphatic rings. The number of allylic oxidation sites excluding steroid dienone is 8. The highest BCUT2D eigenvalue weighted by Crippen LogP contribution is 2.36. The Labute approximate surface area is 134 Å². The maximum atomic E-state index is 12.6. The summed E-state index contributed by atoms with van der Waals surface area (Å²) in [5.41, 5.74) is 4.15. The predicted octanol–water partition coefficient (Wildman–Crippen LogP) is 4.98. The molecule has 0 bridgehead atoms. The summed E-state index contributed by atoms with van der Waals surface area (Å²) in [6.45, 7) is 11.7. The first-order valence-corrected chi connectivity index (χ1v) is 7.94.